The predicted octanol–water partition coefficient (Wildman–Crippen LogP) is -0.231. The standard InChI is InChI=1S/C7H15NO2/c1-3-4-10-6-7(9)5-8-2/h3,7-9H,1,4-6H2,2H3/t7-/m0/s1. The van der Waals surface area contributed by atoms with E-state index in [-0.39, 0.29) is 0 Å². The first-order valence-electron chi connectivity index (χ1n) is 3.32. The van der Waals surface area contributed by atoms with Gasteiger partial charge in [0, 0.05) is 6.54 Å². The Hall–Kier alpha value is -0.380. The number of aliphatic hydroxyl groups is 1. The van der Waals surface area contributed by atoms with E-state index in [1.807, 2.05) is 0 Å². The van der Waals surface area contributed by atoms with E-state index in [1.54, 1.807) is 13.1 Å². The molecule has 0 aliphatic heterocycles. The summed E-state index contributed by atoms with van der Waals surface area (Å²) in [5.74, 6) is 0. The van der Waals surface area contributed by atoms with E-state index in [2.05, 4.69) is 11.9 Å². The van der Waals surface area contributed by atoms with Crippen molar-refractivity contribution >= 4 is 0 Å². The van der Waals surface area contributed by atoms with Gasteiger partial charge >= 0.3 is 0 Å². The second kappa shape index (κ2) is 6.74. The fourth-order valence-electron chi connectivity index (χ4n) is 0.582. The molecule has 0 aromatic heterocycles. The number of aliphatic hydroxyl groups excluding tert-OH is 1. The van der Waals surface area contributed by atoms with Gasteiger partial charge in [0.05, 0.1) is 19.3 Å². The van der Waals surface area contributed by atoms with Crippen LogP contribution in [0.3, 0.4) is 0 Å². The lowest BCUT2D eigenvalue weighted by molar-refractivity contribution is 0.0506. The second-order valence-electron chi connectivity index (χ2n) is 2.04. The molecule has 60 valence electrons. The van der Waals surface area contributed by atoms with Crippen LogP contribution in [0.2, 0.25) is 0 Å². The Morgan fingerprint density at radius 1 is 1.80 bits per heavy atom. The first-order chi connectivity index (χ1) is 4.81. The maximum atomic E-state index is 9.05. The van der Waals surface area contributed by atoms with Crippen molar-refractivity contribution in [2.45, 2.75) is 6.10 Å². The lowest BCUT2D eigenvalue weighted by Gasteiger charge is -2.08. The molecule has 0 radical (unpaired) electrons. The first-order valence-corrected chi connectivity index (χ1v) is 3.32. The maximum Gasteiger partial charge on any atom is 0.0897 e. The van der Waals surface area contributed by atoms with Gasteiger partial charge in [-0.25, -0.2) is 0 Å². The Labute approximate surface area is 61.7 Å². The number of hydrogen-bond donors (Lipinski definition) is 2. The van der Waals surface area contributed by atoms with E-state index in [4.69, 9.17) is 9.84 Å². The molecule has 0 aliphatic rings. The molecule has 3 heteroatoms. The minimum atomic E-state index is -0.412. The molecule has 0 saturated carbocycles. The zero-order valence-corrected chi connectivity index (χ0v) is 6.34. The van der Waals surface area contributed by atoms with Gasteiger partial charge in [-0.05, 0) is 7.05 Å². The average Bonchev–Trinajstić information content (AvgIpc) is 1.89. The summed E-state index contributed by atoms with van der Waals surface area (Å²) < 4.78 is 4.99. The fraction of sp³-hybridized carbons (Fsp3) is 0.714. The highest BCUT2D eigenvalue weighted by molar-refractivity contribution is 4.65. The third-order valence-corrected chi connectivity index (χ3v) is 0.986. The Bertz CT molecular complexity index is 85.7. The molecule has 2 N–H and O–H groups in total. The van der Waals surface area contributed by atoms with Crippen LogP contribution in [-0.4, -0.2) is 38.0 Å². The van der Waals surface area contributed by atoms with Crippen molar-refractivity contribution in [3.63, 3.8) is 0 Å². The third-order valence-electron chi connectivity index (χ3n) is 0.986. The number of hydrogen-bond acceptors (Lipinski definition) is 3. The highest BCUT2D eigenvalue weighted by Gasteiger charge is 1.99. The molecule has 0 amide bonds. The molecule has 0 fully saturated rings. The Kier molecular flexibility index (Phi) is 6.48. The van der Waals surface area contributed by atoms with Crippen LogP contribution in [0.25, 0.3) is 0 Å². The third kappa shape index (κ3) is 5.75. The van der Waals surface area contributed by atoms with Crippen molar-refractivity contribution in [1.29, 1.82) is 0 Å². The Balaban J connectivity index is 3.04. The predicted molar refractivity (Wildman–Crippen MR) is 40.9 cm³/mol. The molecule has 0 aromatic carbocycles. The number of nitrogens with one attached hydrogen (secondary N) is 1. The van der Waals surface area contributed by atoms with Crippen molar-refractivity contribution in [3.8, 4) is 0 Å². The molecule has 0 spiro atoms. The molecule has 1 atom stereocenters. The van der Waals surface area contributed by atoms with Crippen LogP contribution in [-0.2, 0) is 4.74 Å². The lowest BCUT2D eigenvalue weighted by atomic mass is 10.4. The quantitative estimate of drug-likeness (QED) is 0.400. The van der Waals surface area contributed by atoms with E-state index in [0.29, 0.717) is 19.8 Å². The van der Waals surface area contributed by atoms with Crippen molar-refractivity contribution in [3.05, 3.63) is 12.7 Å². The van der Waals surface area contributed by atoms with Gasteiger partial charge in [0.2, 0.25) is 0 Å². The SMILES string of the molecule is C=CCOC[C@@H](O)CNC. The fourth-order valence-corrected chi connectivity index (χ4v) is 0.582. The largest absolute Gasteiger partial charge is 0.389 e. The molecule has 0 unspecified atom stereocenters. The summed E-state index contributed by atoms with van der Waals surface area (Å²) in [7, 11) is 1.79. The van der Waals surface area contributed by atoms with Crippen molar-refractivity contribution in [2.24, 2.45) is 0 Å². The van der Waals surface area contributed by atoms with Crippen molar-refractivity contribution in [2.75, 3.05) is 26.8 Å². The van der Waals surface area contributed by atoms with Crippen LogP contribution in [0.4, 0.5) is 0 Å². The zero-order valence-electron chi connectivity index (χ0n) is 6.34. The van der Waals surface area contributed by atoms with E-state index in [0.717, 1.165) is 0 Å². The molecule has 3 nitrogen and oxygen atoms in total. The van der Waals surface area contributed by atoms with E-state index in [1.165, 1.54) is 0 Å². The second-order valence-corrected chi connectivity index (χ2v) is 2.04. The Morgan fingerprint density at radius 3 is 3.00 bits per heavy atom. The smallest absolute Gasteiger partial charge is 0.0897 e. The maximum absolute atomic E-state index is 9.05. The summed E-state index contributed by atoms with van der Waals surface area (Å²) in [4.78, 5) is 0. The van der Waals surface area contributed by atoms with Gasteiger partial charge in [0.15, 0.2) is 0 Å². The lowest BCUT2D eigenvalue weighted by Crippen LogP contribution is -2.27. The summed E-state index contributed by atoms with van der Waals surface area (Å²) in [6.45, 7) is 4.92. The molecule has 0 aliphatic carbocycles. The molecule has 0 bridgehead atoms. The topological polar surface area (TPSA) is 41.5 Å². The number of rotatable bonds is 6. The van der Waals surface area contributed by atoms with Gasteiger partial charge in [-0.15, -0.1) is 6.58 Å². The molecule has 0 aromatic rings. The van der Waals surface area contributed by atoms with E-state index in [9.17, 15) is 0 Å². The van der Waals surface area contributed by atoms with E-state index < -0.39 is 6.10 Å². The molecule has 0 rings (SSSR count). The van der Waals surface area contributed by atoms with Gasteiger partial charge < -0.3 is 15.2 Å². The summed E-state index contributed by atoms with van der Waals surface area (Å²) in [6.07, 6.45) is 1.25. The number of likely N-dealkylation sites (N-methyl/N-ethyl adjacent to an activating group) is 1. The molecule has 10 heavy (non-hydrogen) atoms. The summed E-state index contributed by atoms with van der Waals surface area (Å²) in [6, 6.07) is 0. The molecule has 0 saturated heterocycles. The molecule has 0 heterocycles. The Morgan fingerprint density at radius 2 is 2.50 bits per heavy atom. The van der Waals surface area contributed by atoms with Gasteiger partial charge in [0.25, 0.3) is 0 Å². The van der Waals surface area contributed by atoms with Crippen LogP contribution in [0.15, 0.2) is 12.7 Å². The van der Waals surface area contributed by atoms with Crippen molar-refractivity contribution in [1.82, 2.24) is 5.32 Å². The highest BCUT2D eigenvalue weighted by Crippen LogP contribution is 1.82. The van der Waals surface area contributed by atoms with Gasteiger partial charge in [0.1, 0.15) is 0 Å². The van der Waals surface area contributed by atoms with Gasteiger partial charge in [-0.2, -0.15) is 0 Å². The average molecular weight is 145 g/mol. The number of ether oxygens (including phenoxy) is 1. The molecular formula is C7H15NO2. The van der Waals surface area contributed by atoms with Crippen LogP contribution in [0.5, 0.6) is 0 Å². The van der Waals surface area contributed by atoms with E-state index >= 15 is 0 Å². The van der Waals surface area contributed by atoms with Gasteiger partial charge in [-0.1, -0.05) is 6.08 Å². The normalized spacial score (nSPS) is 13.0. The summed E-state index contributed by atoms with van der Waals surface area (Å²) in [5.41, 5.74) is 0. The van der Waals surface area contributed by atoms with Crippen molar-refractivity contribution < 1.29 is 9.84 Å². The first kappa shape index (κ1) is 9.62. The summed E-state index contributed by atoms with van der Waals surface area (Å²) >= 11 is 0. The monoisotopic (exact) mass is 145 g/mol. The van der Waals surface area contributed by atoms with Crippen LogP contribution in [0.1, 0.15) is 0 Å². The van der Waals surface area contributed by atoms with Crippen LogP contribution < -0.4 is 5.32 Å². The molecular weight excluding hydrogens is 130 g/mol. The summed E-state index contributed by atoms with van der Waals surface area (Å²) in [5, 5.41) is 11.9. The minimum absolute atomic E-state index is 0.368. The minimum Gasteiger partial charge on any atom is -0.389 e. The van der Waals surface area contributed by atoms with Crippen LogP contribution in [0, 0.1) is 0 Å². The van der Waals surface area contributed by atoms with Crippen LogP contribution >= 0.6 is 0 Å². The zero-order chi connectivity index (χ0) is 7.82. The van der Waals surface area contributed by atoms with Gasteiger partial charge in [-0.3, -0.25) is 0 Å². The highest BCUT2D eigenvalue weighted by atomic mass is 16.5.